The first-order chi connectivity index (χ1) is 22.7. The van der Waals surface area contributed by atoms with Crippen molar-refractivity contribution in [3.8, 4) is 5.75 Å². The highest BCUT2D eigenvalue weighted by molar-refractivity contribution is 6.38. The molecule has 2 aliphatic rings. The van der Waals surface area contributed by atoms with Gasteiger partial charge in [-0.1, -0.05) is 12.1 Å². The van der Waals surface area contributed by atoms with Gasteiger partial charge in [-0.3, -0.25) is 34.1 Å². The number of methoxy groups -OCH3 is 1. The van der Waals surface area contributed by atoms with Gasteiger partial charge in [-0.2, -0.15) is 0 Å². The number of hydrogen-bond acceptors (Lipinski definition) is 16. The van der Waals surface area contributed by atoms with Gasteiger partial charge in [0.15, 0.2) is 30.0 Å². The number of nitro benzene ring substituents is 1. The Morgan fingerprint density at radius 2 is 1.42 bits per heavy atom. The molecule has 17 nitrogen and oxygen atoms in total. The fraction of sp³-hybridized carbons (Fsp3) is 0.419. The molecule has 0 N–H and O–H groups in total. The first kappa shape index (κ1) is 35.3. The van der Waals surface area contributed by atoms with Gasteiger partial charge in [0.2, 0.25) is 6.29 Å². The van der Waals surface area contributed by atoms with Crippen molar-refractivity contribution in [3.05, 3.63) is 64.2 Å². The summed E-state index contributed by atoms with van der Waals surface area (Å²) in [6.07, 6.45) is -6.95. The third-order valence-corrected chi connectivity index (χ3v) is 7.27. The Hall–Kier alpha value is -5.58. The van der Waals surface area contributed by atoms with Crippen molar-refractivity contribution in [1.29, 1.82) is 0 Å². The van der Waals surface area contributed by atoms with Crippen LogP contribution in [-0.4, -0.2) is 89.7 Å². The summed E-state index contributed by atoms with van der Waals surface area (Å²) in [6.45, 7) is 5.21. The highest BCUT2D eigenvalue weighted by Crippen LogP contribution is 2.42. The summed E-state index contributed by atoms with van der Waals surface area (Å²) in [6, 6.07) is 10.6. The standard InChI is InChI=1S/C31H34N4O13/c1-16(36)29-32-34(22-9-11-23(12-10-22)35(41)42)30(21-7-13-24(43-6)14-8-21)33(29)26-28(46-19(4)39)27(45-18(3)38)25(15-44-17(2)37)48-31(26)47-20(5)40/h7-14,25-28,30-31H,15H2,1-6H3/t25-,26-,27-,28-,30?,31-/m1/s1. The molecule has 0 saturated carbocycles. The number of non-ortho nitro benzene ring substituents is 1. The van der Waals surface area contributed by atoms with Gasteiger partial charge in [-0.15, -0.1) is 5.10 Å². The molecule has 48 heavy (non-hydrogen) atoms. The van der Waals surface area contributed by atoms with Crippen LogP contribution >= 0.6 is 0 Å². The monoisotopic (exact) mass is 670 g/mol. The topological polar surface area (TPSA) is 203 Å². The van der Waals surface area contributed by atoms with Gasteiger partial charge in [0.05, 0.1) is 17.7 Å². The normalized spacial score (nSPS) is 23.4. The molecule has 0 aliphatic carbocycles. The summed E-state index contributed by atoms with van der Waals surface area (Å²) < 4.78 is 33.5. The molecule has 0 amide bonds. The van der Waals surface area contributed by atoms with E-state index in [2.05, 4.69) is 5.10 Å². The van der Waals surface area contributed by atoms with Crippen LogP contribution in [0.25, 0.3) is 0 Å². The second-order valence-corrected chi connectivity index (χ2v) is 10.7. The molecule has 0 spiro atoms. The second-order valence-electron chi connectivity index (χ2n) is 10.7. The number of benzene rings is 2. The van der Waals surface area contributed by atoms with Crippen LogP contribution in [0, 0.1) is 10.1 Å². The molecular weight excluding hydrogens is 636 g/mol. The third-order valence-electron chi connectivity index (χ3n) is 7.27. The van der Waals surface area contributed by atoms with E-state index in [1.54, 1.807) is 24.3 Å². The van der Waals surface area contributed by atoms with Gasteiger partial charge in [-0.05, 0) is 29.8 Å². The maximum absolute atomic E-state index is 13.3. The Kier molecular flexibility index (Phi) is 10.9. The minimum atomic E-state index is -1.62. The zero-order chi connectivity index (χ0) is 35.3. The molecule has 1 unspecified atom stereocenters. The first-order valence-electron chi connectivity index (χ1n) is 14.6. The van der Waals surface area contributed by atoms with E-state index in [9.17, 15) is 34.1 Å². The fourth-order valence-electron chi connectivity index (χ4n) is 5.44. The van der Waals surface area contributed by atoms with E-state index in [1.165, 1.54) is 48.2 Å². The van der Waals surface area contributed by atoms with Crippen LogP contribution in [0.2, 0.25) is 0 Å². The minimum absolute atomic E-state index is 0.194. The van der Waals surface area contributed by atoms with Crippen LogP contribution in [0.1, 0.15) is 46.3 Å². The lowest BCUT2D eigenvalue weighted by Gasteiger charge is -2.49. The van der Waals surface area contributed by atoms with E-state index >= 15 is 0 Å². The van der Waals surface area contributed by atoms with Crippen molar-refractivity contribution < 1.29 is 57.3 Å². The van der Waals surface area contributed by atoms with Crippen molar-refractivity contribution in [2.24, 2.45) is 5.10 Å². The summed E-state index contributed by atoms with van der Waals surface area (Å²) in [5.74, 6) is -3.44. The van der Waals surface area contributed by atoms with Crippen LogP contribution < -0.4 is 9.75 Å². The van der Waals surface area contributed by atoms with Crippen LogP contribution in [0.5, 0.6) is 5.75 Å². The predicted octanol–water partition coefficient (Wildman–Crippen LogP) is 2.41. The highest BCUT2D eigenvalue weighted by atomic mass is 16.7. The summed E-state index contributed by atoms with van der Waals surface area (Å²) in [7, 11) is 1.48. The smallest absolute Gasteiger partial charge is 0.305 e. The summed E-state index contributed by atoms with van der Waals surface area (Å²) in [5.41, 5.74) is 0.611. The molecule has 2 aromatic rings. The Bertz CT molecular complexity index is 1590. The van der Waals surface area contributed by atoms with Crippen molar-refractivity contribution in [1.82, 2.24) is 4.90 Å². The minimum Gasteiger partial charge on any atom is -0.497 e. The lowest BCUT2D eigenvalue weighted by Crippen LogP contribution is -2.68. The van der Waals surface area contributed by atoms with Gasteiger partial charge in [0.1, 0.15) is 24.5 Å². The van der Waals surface area contributed by atoms with Crippen molar-refractivity contribution in [3.63, 3.8) is 0 Å². The Balaban J connectivity index is 1.97. The van der Waals surface area contributed by atoms with E-state index in [1.807, 2.05) is 0 Å². The predicted molar refractivity (Wildman–Crippen MR) is 163 cm³/mol. The molecule has 2 aliphatic heterocycles. The molecule has 2 aromatic carbocycles. The third kappa shape index (κ3) is 7.86. The number of rotatable bonds is 11. The number of esters is 4. The van der Waals surface area contributed by atoms with Gasteiger partial charge >= 0.3 is 23.9 Å². The molecule has 1 saturated heterocycles. The number of nitro groups is 1. The number of ether oxygens (including phenoxy) is 6. The molecule has 6 atom stereocenters. The number of carbonyl (C=O) groups excluding carboxylic acids is 5. The molecule has 1 fully saturated rings. The number of ketones is 1. The number of nitrogens with zero attached hydrogens (tertiary/aromatic N) is 4. The summed E-state index contributed by atoms with van der Waals surface area (Å²) in [5, 5.41) is 17.4. The van der Waals surface area contributed by atoms with Crippen LogP contribution in [-0.2, 0) is 47.7 Å². The molecule has 0 aromatic heterocycles. The van der Waals surface area contributed by atoms with E-state index < -0.39 is 78.0 Å². The molecule has 2 heterocycles. The van der Waals surface area contributed by atoms with E-state index in [4.69, 9.17) is 28.4 Å². The Labute approximate surface area is 274 Å². The van der Waals surface area contributed by atoms with Gasteiger partial charge in [0.25, 0.3) is 5.69 Å². The van der Waals surface area contributed by atoms with Crippen LogP contribution in [0.3, 0.4) is 0 Å². The zero-order valence-corrected chi connectivity index (χ0v) is 26.9. The summed E-state index contributed by atoms with van der Waals surface area (Å²) in [4.78, 5) is 74.8. The molecule has 256 valence electrons. The molecule has 0 radical (unpaired) electrons. The number of amidine groups is 1. The molecule has 4 rings (SSSR count). The van der Waals surface area contributed by atoms with Crippen LogP contribution in [0.4, 0.5) is 11.4 Å². The van der Waals surface area contributed by atoms with Crippen molar-refractivity contribution >= 4 is 46.9 Å². The Morgan fingerprint density at radius 1 is 0.833 bits per heavy atom. The lowest BCUT2D eigenvalue weighted by molar-refractivity contribution is -0.384. The van der Waals surface area contributed by atoms with E-state index in [0.717, 1.165) is 27.7 Å². The van der Waals surface area contributed by atoms with E-state index in [0.29, 0.717) is 17.0 Å². The number of hydrogen-bond donors (Lipinski definition) is 0. The van der Waals surface area contributed by atoms with Gasteiger partial charge in [0, 0.05) is 46.8 Å². The molecular formula is C31H34N4O13. The zero-order valence-electron chi connectivity index (χ0n) is 26.9. The number of hydrazone groups is 1. The number of Topliss-reactive ketones (excluding diaryl/α,β-unsaturated/α-hetero) is 1. The summed E-state index contributed by atoms with van der Waals surface area (Å²) >= 11 is 0. The van der Waals surface area contributed by atoms with Crippen LogP contribution in [0.15, 0.2) is 53.6 Å². The Morgan fingerprint density at radius 3 is 1.92 bits per heavy atom. The number of anilines is 1. The average Bonchev–Trinajstić information content (AvgIpc) is 3.41. The van der Waals surface area contributed by atoms with E-state index in [-0.39, 0.29) is 11.5 Å². The van der Waals surface area contributed by atoms with Crippen molar-refractivity contribution in [2.45, 2.75) is 71.4 Å². The largest absolute Gasteiger partial charge is 0.497 e. The second kappa shape index (κ2) is 14.9. The molecule has 0 bridgehead atoms. The van der Waals surface area contributed by atoms with Gasteiger partial charge < -0.3 is 33.3 Å². The number of carbonyl (C=O) groups is 5. The highest BCUT2D eigenvalue weighted by Gasteiger charge is 2.58. The maximum Gasteiger partial charge on any atom is 0.305 e. The van der Waals surface area contributed by atoms with Crippen molar-refractivity contribution in [2.75, 3.05) is 18.7 Å². The van der Waals surface area contributed by atoms with Gasteiger partial charge in [-0.25, -0.2) is 5.01 Å². The average molecular weight is 671 g/mol. The first-order valence-corrected chi connectivity index (χ1v) is 14.6. The maximum atomic E-state index is 13.3. The SMILES string of the molecule is COc1ccc(C2N(c3ccc([N+](=O)[O-])cc3)N=C(C(C)=O)N2[C@H]2[C@H](OC(C)=O)O[C@H](COC(C)=O)[C@@H](OC(C)=O)[C@@H]2OC(C)=O)cc1. The molecule has 17 heteroatoms. The fourth-order valence-corrected chi connectivity index (χ4v) is 5.44. The quantitative estimate of drug-likeness (QED) is 0.146. The lowest BCUT2D eigenvalue weighted by atomic mass is 9.93.